The van der Waals surface area contributed by atoms with Gasteiger partial charge in [0.05, 0.1) is 7.11 Å². The van der Waals surface area contributed by atoms with Crippen molar-refractivity contribution in [2.45, 2.75) is 12.8 Å². The van der Waals surface area contributed by atoms with Crippen LogP contribution >= 0.6 is 0 Å². The van der Waals surface area contributed by atoms with E-state index in [0.29, 0.717) is 5.95 Å². The van der Waals surface area contributed by atoms with Crippen LogP contribution < -0.4 is 5.32 Å². The Labute approximate surface area is 87.9 Å². The highest BCUT2D eigenvalue weighted by Crippen LogP contribution is 2.28. The number of anilines is 1. The maximum absolute atomic E-state index is 11.2. The predicted octanol–water partition coefficient (Wildman–Crippen LogP) is 1.09. The molecule has 80 valence electrons. The van der Waals surface area contributed by atoms with Crippen LogP contribution in [-0.4, -0.2) is 29.6 Å². The normalized spacial score (nSPS) is 14.7. The van der Waals surface area contributed by atoms with Gasteiger partial charge in [0.15, 0.2) is 5.69 Å². The Morgan fingerprint density at radius 3 is 3.13 bits per heavy atom. The number of aromatic nitrogens is 2. The second-order valence-corrected chi connectivity index (χ2v) is 3.58. The summed E-state index contributed by atoms with van der Waals surface area (Å²) in [7, 11) is 1.34. The average Bonchev–Trinajstić information content (AvgIpc) is 3.09. The molecule has 1 heterocycles. The van der Waals surface area contributed by atoms with Crippen LogP contribution in [-0.2, 0) is 4.74 Å². The molecule has 5 nitrogen and oxygen atoms in total. The van der Waals surface area contributed by atoms with Crippen LogP contribution in [0.1, 0.15) is 23.3 Å². The Balaban J connectivity index is 2.00. The van der Waals surface area contributed by atoms with Gasteiger partial charge in [0.25, 0.3) is 0 Å². The minimum atomic E-state index is -0.438. The van der Waals surface area contributed by atoms with Gasteiger partial charge in [0.1, 0.15) is 0 Å². The molecule has 1 aromatic heterocycles. The van der Waals surface area contributed by atoms with Crippen molar-refractivity contribution < 1.29 is 9.53 Å². The van der Waals surface area contributed by atoms with Crippen LogP contribution in [0, 0.1) is 5.92 Å². The number of rotatable bonds is 4. The smallest absolute Gasteiger partial charge is 0.356 e. The lowest BCUT2D eigenvalue weighted by Gasteiger charge is -2.04. The van der Waals surface area contributed by atoms with Crippen LogP contribution in [0.3, 0.4) is 0 Å². The van der Waals surface area contributed by atoms with E-state index >= 15 is 0 Å². The molecule has 5 heteroatoms. The number of methoxy groups -OCH3 is 1. The van der Waals surface area contributed by atoms with E-state index in [-0.39, 0.29) is 5.69 Å². The van der Waals surface area contributed by atoms with Gasteiger partial charge in [-0.15, -0.1) is 0 Å². The number of ether oxygens (including phenoxy) is 1. The second kappa shape index (κ2) is 4.25. The quantitative estimate of drug-likeness (QED) is 0.748. The molecule has 0 spiro atoms. The second-order valence-electron chi connectivity index (χ2n) is 3.58. The molecule has 1 aliphatic carbocycles. The first kappa shape index (κ1) is 9.89. The summed E-state index contributed by atoms with van der Waals surface area (Å²) in [6, 6.07) is 1.54. The Kier molecular flexibility index (Phi) is 2.80. The van der Waals surface area contributed by atoms with Gasteiger partial charge >= 0.3 is 5.97 Å². The van der Waals surface area contributed by atoms with Gasteiger partial charge in [-0.2, -0.15) is 0 Å². The third-order valence-electron chi connectivity index (χ3n) is 2.30. The molecule has 2 rings (SSSR count). The first-order chi connectivity index (χ1) is 7.29. The number of carbonyl (C=O) groups is 1. The number of hydrogen-bond acceptors (Lipinski definition) is 5. The molecular weight excluding hydrogens is 194 g/mol. The van der Waals surface area contributed by atoms with E-state index in [0.717, 1.165) is 12.5 Å². The monoisotopic (exact) mass is 207 g/mol. The van der Waals surface area contributed by atoms with Crippen LogP contribution in [0.15, 0.2) is 12.3 Å². The van der Waals surface area contributed by atoms with E-state index in [1.807, 2.05) is 0 Å². The molecule has 0 amide bonds. The maximum atomic E-state index is 11.2. The molecule has 0 atom stereocenters. The van der Waals surface area contributed by atoms with Crippen molar-refractivity contribution in [2.75, 3.05) is 19.0 Å². The van der Waals surface area contributed by atoms with Gasteiger partial charge in [-0.05, 0) is 24.8 Å². The molecule has 0 aromatic carbocycles. The van der Waals surface area contributed by atoms with E-state index < -0.39 is 5.97 Å². The highest BCUT2D eigenvalue weighted by Gasteiger charge is 2.21. The molecule has 1 aromatic rings. The van der Waals surface area contributed by atoms with Crippen molar-refractivity contribution in [1.29, 1.82) is 0 Å². The van der Waals surface area contributed by atoms with E-state index in [2.05, 4.69) is 20.0 Å². The SMILES string of the molecule is COC(=O)c1ccnc(NCC2CC2)n1. The van der Waals surface area contributed by atoms with Crippen LogP contribution in [0.2, 0.25) is 0 Å². The molecule has 1 aliphatic rings. The zero-order valence-electron chi connectivity index (χ0n) is 8.56. The van der Waals surface area contributed by atoms with Crippen LogP contribution in [0.25, 0.3) is 0 Å². The largest absolute Gasteiger partial charge is 0.464 e. The fourth-order valence-electron chi connectivity index (χ4n) is 1.22. The Morgan fingerprint density at radius 2 is 2.47 bits per heavy atom. The zero-order chi connectivity index (χ0) is 10.7. The summed E-state index contributed by atoms with van der Waals surface area (Å²) in [4.78, 5) is 19.2. The van der Waals surface area contributed by atoms with Gasteiger partial charge in [0.2, 0.25) is 5.95 Å². The molecule has 1 saturated carbocycles. The number of carbonyl (C=O) groups excluding carboxylic acids is 1. The summed E-state index contributed by atoms with van der Waals surface area (Å²) >= 11 is 0. The maximum Gasteiger partial charge on any atom is 0.356 e. The minimum absolute atomic E-state index is 0.283. The van der Waals surface area contributed by atoms with Gasteiger partial charge in [-0.25, -0.2) is 14.8 Å². The Bertz CT molecular complexity index is 363. The standard InChI is InChI=1S/C10H13N3O2/c1-15-9(14)8-4-5-11-10(13-8)12-6-7-2-3-7/h4-5,7H,2-3,6H2,1H3,(H,11,12,13). The van der Waals surface area contributed by atoms with Crippen molar-refractivity contribution in [2.24, 2.45) is 5.92 Å². The van der Waals surface area contributed by atoms with Gasteiger partial charge in [0, 0.05) is 12.7 Å². The molecule has 1 fully saturated rings. The fourth-order valence-corrected chi connectivity index (χ4v) is 1.22. The van der Waals surface area contributed by atoms with Crippen molar-refractivity contribution >= 4 is 11.9 Å². The van der Waals surface area contributed by atoms with Gasteiger partial charge < -0.3 is 10.1 Å². The fraction of sp³-hybridized carbons (Fsp3) is 0.500. The molecule has 1 N–H and O–H groups in total. The van der Waals surface area contributed by atoms with Gasteiger partial charge in [-0.1, -0.05) is 0 Å². The van der Waals surface area contributed by atoms with E-state index in [1.54, 1.807) is 6.20 Å². The van der Waals surface area contributed by atoms with E-state index in [4.69, 9.17) is 0 Å². The summed E-state index contributed by atoms with van der Waals surface area (Å²) in [6.45, 7) is 0.880. The minimum Gasteiger partial charge on any atom is -0.464 e. The summed E-state index contributed by atoms with van der Waals surface area (Å²) in [5, 5.41) is 3.10. The third kappa shape index (κ3) is 2.65. The van der Waals surface area contributed by atoms with Crippen molar-refractivity contribution in [1.82, 2.24) is 9.97 Å². The lowest BCUT2D eigenvalue weighted by molar-refractivity contribution is 0.0594. The summed E-state index contributed by atoms with van der Waals surface area (Å²) < 4.78 is 4.57. The summed E-state index contributed by atoms with van der Waals surface area (Å²) in [5.41, 5.74) is 0.283. The number of nitrogens with one attached hydrogen (secondary N) is 1. The number of esters is 1. The van der Waals surface area contributed by atoms with E-state index in [9.17, 15) is 4.79 Å². The molecule has 0 unspecified atom stereocenters. The third-order valence-corrected chi connectivity index (χ3v) is 2.30. The highest BCUT2D eigenvalue weighted by atomic mass is 16.5. The van der Waals surface area contributed by atoms with E-state index in [1.165, 1.54) is 26.0 Å². The van der Waals surface area contributed by atoms with Crippen LogP contribution in [0.5, 0.6) is 0 Å². The Morgan fingerprint density at radius 1 is 1.67 bits per heavy atom. The first-order valence-corrected chi connectivity index (χ1v) is 4.95. The molecule has 0 radical (unpaired) electrons. The highest BCUT2D eigenvalue weighted by molar-refractivity contribution is 5.87. The lowest BCUT2D eigenvalue weighted by Crippen LogP contribution is -2.10. The topological polar surface area (TPSA) is 64.1 Å². The number of nitrogens with zero attached hydrogens (tertiary/aromatic N) is 2. The first-order valence-electron chi connectivity index (χ1n) is 4.95. The molecule has 0 saturated heterocycles. The zero-order valence-corrected chi connectivity index (χ0v) is 8.56. The summed E-state index contributed by atoms with van der Waals surface area (Å²) in [5.74, 6) is 0.798. The number of hydrogen-bond donors (Lipinski definition) is 1. The van der Waals surface area contributed by atoms with Crippen molar-refractivity contribution in [3.05, 3.63) is 18.0 Å². The summed E-state index contributed by atoms with van der Waals surface area (Å²) in [6.07, 6.45) is 4.09. The predicted molar refractivity (Wildman–Crippen MR) is 54.6 cm³/mol. The van der Waals surface area contributed by atoms with Gasteiger partial charge in [-0.3, -0.25) is 0 Å². The Hall–Kier alpha value is -1.65. The van der Waals surface area contributed by atoms with Crippen LogP contribution in [0.4, 0.5) is 5.95 Å². The van der Waals surface area contributed by atoms with Crippen molar-refractivity contribution in [3.8, 4) is 0 Å². The molecule has 15 heavy (non-hydrogen) atoms. The molecular formula is C10H13N3O2. The molecule has 0 bridgehead atoms. The average molecular weight is 207 g/mol. The molecule has 0 aliphatic heterocycles. The van der Waals surface area contributed by atoms with Crippen molar-refractivity contribution in [3.63, 3.8) is 0 Å². The lowest BCUT2D eigenvalue weighted by atomic mass is 10.4.